The van der Waals surface area contributed by atoms with Gasteiger partial charge in [-0.2, -0.15) is 0 Å². The zero-order valence-electron chi connectivity index (χ0n) is 15.7. The summed E-state index contributed by atoms with van der Waals surface area (Å²) in [5, 5.41) is 0. The molecule has 3 nitrogen and oxygen atoms in total. The molecule has 23 heavy (non-hydrogen) atoms. The summed E-state index contributed by atoms with van der Waals surface area (Å²) in [5.41, 5.74) is 0.429. The molecule has 0 N–H and O–H groups in total. The van der Waals surface area contributed by atoms with Gasteiger partial charge in [0.2, 0.25) is 0 Å². The highest BCUT2D eigenvalue weighted by Crippen LogP contribution is 2.50. The Bertz CT molecular complexity index is 433. The van der Waals surface area contributed by atoms with Gasteiger partial charge in [0.1, 0.15) is 0 Å². The number of esters is 1. The average Bonchev–Trinajstić information content (AvgIpc) is 2.75. The van der Waals surface area contributed by atoms with Crippen LogP contribution in [0, 0.1) is 29.1 Å². The van der Waals surface area contributed by atoms with Gasteiger partial charge in [-0.1, -0.05) is 20.8 Å². The van der Waals surface area contributed by atoms with Gasteiger partial charge in [0.05, 0.1) is 13.0 Å². The molecule has 1 aliphatic carbocycles. The Kier molecular flexibility index (Phi) is 4.79. The van der Waals surface area contributed by atoms with Crippen molar-refractivity contribution in [1.29, 1.82) is 0 Å². The summed E-state index contributed by atoms with van der Waals surface area (Å²) in [4.78, 5) is 15.0. The second kappa shape index (κ2) is 6.38. The smallest absolute Gasteiger partial charge is 0.310 e. The minimum Gasteiger partial charge on any atom is -0.469 e. The summed E-state index contributed by atoms with van der Waals surface area (Å²) in [6, 6.07) is 1.12. The Balaban J connectivity index is 1.72. The van der Waals surface area contributed by atoms with Gasteiger partial charge in [-0.15, -0.1) is 0 Å². The maximum absolute atomic E-state index is 12.5. The highest BCUT2D eigenvalue weighted by atomic mass is 16.5. The van der Waals surface area contributed by atoms with Crippen LogP contribution in [0.15, 0.2) is 0 Å². The van der Waals surface area contributed by atoms with Crippen LogP contribution >= 0.6 is 0 Å². The second-order valence-electron chi connectivity index (χ2n) is 9.39. The third kappa shape index (κ3) is 3.18. The Hall–Kier alpha value is -0.570. The van der Waals surface area contributed by atoms with Gasteiger partial charge in [0.15, 0.2) is 0 Å². The van der Waals surface area contributed by atoms with Crippen molar-refractivity contribution in [2.75, 3.05) is 14.2 Å². The molecule has 132 valence electrons. The van der Waals surface area contributed by atoms with E-state index >= 15 is 0 Å². The molecule has 2 bridgehead atoms. The normalized spacial score (nSPS) is 41.8. The monoisotopic (exact) mass is 321 g/mol. The number of nitrogens with zero attached hydrogens (tertiary/aromatic N) is 1. The average molecular weight is 322 g/mol. The van der Waals surface area contributed by atoms with Gasteiger partial charge in [-0.05, 0) is 75.2 Å². The standard InChI is InChI=1S/C20H35NO2/c1-20(2,3)14-8-6-13(7-9-14)16-12-15-10-11-17(21(15)4)18(16)19(22)23-5/h13-18H,6-12H2,1-5H3/t13?,14?,15-,16-,17?,18?/m1/s1. The fraction of sp³-hybridized carbons (Fsp3) is 0.950. The molecule has 3 rings (SSSR count). The van der Waals surface area contributed by atoms with Crippen molar-refractivity contribution in [2.45, 2.75) is 77.8 Å². The summed E-state index contributed by atoms with van der Waals surface area (Å²) in [6.45, 7) is 7.14. The van der Waals surface area contributed by atoms with E-state index in [4.69, 9.17) is 4.74 Å². The van der Waals surface area contributed by atoms with E-state index in [1.807, 2.05) is 0 Å². The molecule has 2 aliphatic heterocycles. The second-order valence-corrected chi connectivity index (χ2v) is 9.39. The molecule has 3 heteroatoms. The van der Waals surface area contributed by atoms with E-state index in [0.717, 1.165) is 11.8 Å². The lowest BCUT2D eigenvalue weighted by molar-refractivity contribution is -0.154. The van der Waals surface area contributed by atoms with E-state index in [9.17, 15) is 4.79 Å². The predicted octanol–water partition coefficient (Wildman–Crippen LogP) is 4.11. The molecule has 0 aromatic rings. The van der Waals surface area contributed by atoms with E-state index in [-0.39, 0.29) is 11.9 Å². The van der Waals surface area contributed by atoms with Crippen molar-refractivity contribution < 1.29 is 9.53 Å². The number of hydrogen-bond donors (Lipinski definition) is 0. The van der Waals surface area contributed by atoms with Crippen LogP contribution < -0.4 is 0 Å². The van der Waals surface area contributed by atoms with Crippen LogP contribution in [0.5, 0.6) is 0 Å². The lowest BCUT2D eigenvalue weighted by Crippen LogP contribution is -2.52. The quantitative estimate of drug-likeness (QED) is 0.717. The van der Waals surface area contributed by atoms with E-state index in [0.29, 0.717) is 23.4 Å². The van der Waals surface area contributed by atoms with Gasteiger partial charge in [-0.25, -0.2) is 0 Å². The fourth-order valence-electron chi connectivity index (χ4n) is 5.87. The maximum Gasteiger partial charge on any atom is 0.310 e. The first kappa shape index (κ1) is 17.3. The molecule has 3 aliphatic rings. The lowest BCUT2D eigenvalue weighted by Gasteiger charge is -2.47. The highest BCUT2D eigenvalue weighted by molar-refractivity contribution is 5.74. The molecule has 4 atom stereocenters. The van der Waals surface area contributed by atoms with Gasteiger partial charge < -0.3 is 4.74 Å². The van der Waals surface area contributed by atoms with Gasteiger partial charge in [0, 0.05) is 12.1 Å². The van der Waals surface area contributed by atoms with Crippen LogP contribution in [-0.2, 0) is 9.53 Å². The SMILES string of the molecule is COC(=O)C1C2CC[C@H](C[C@@H]1C1CCC(C(C)(C)C)CC1)N2C. The number of fused-ring (bicyclic) bond motifs is 2. The van der Waals surface area contributed by atoms with Gasteiger partial charge in [-0.3, -0.25) is 9.69 Å². The number of methoxy groups -OCH3 is 1. The van der Waals surface area contributed by atoms with Crippen molar-refractivity contribution in [3.63, 3.8) is 0 Å². The third-order valence-corrected chi connectivity index (χ3v) is 7.39. The molecular weight excluding hydrogens is 286 g/mol. The van der Waals surface area contributed by atoms with Crippen molar-refractivity contribution in [1.82, 2.24) is 4.90 Å². The fourth-order valence-corrected chi connectivity index (χ4v) is 5.87. The molecule has 0 radical (unpaired) electrons. The van der Waals surface area contributed by atoms with Crippen LogP contribution in [0.3, 0.4) is 0 Å². The number of carbonyl (C=O) groups excluding carboxylic acids is 1. The lowest BCUT2D eigenvalue weighted by atomic mass is 9.63. The number of ether oxygens (including phenoxy) is 1. The third-order valence-electron chi connectivity index (χ3n) is 7.39. The zero-order valence-corrected chi connectivity index (χ0v) is 15.7. The number of piperidine rings is 1. The molecular formula is C20H35NO2. The molecule has 0 aromatic carbocycles. The summed E-state index contributed by atoms with van der Waals surface area (Å²) < 4.78 is 5.22. The maximum atomic E-state index is 12.5. The molecule has 2 heterocycles. The van der Waals surface area contributed by atoms with E-state index in [1.165, 1.54) is 44.9 Å². The Morgan fingerprint density at radius 2 is 1.70 bits per heavy atom. The van der Waals surface area contributed by atoms with Crippen LogP contribution in [-0.4, -0.2) is 37.1 Å². The van der Waals surface area contributed by atoms with Crippen LogP contribution in [0.25, 0.3) is 0 Å². The van der Waals surface area contributed by atoms with Crippen molar-refractivity contribution in [2.24, 2.45) is 29.1 Å². The van der Waals surface area contributed by atoms with Crippen LogP contribution in [0.4, 0.5) is 0 Å². The summed E-state index contributed by atoms with van der Waals surface area (Å²) in [5.74, 6) is 2.29. The molecule has 1 saturated carbocycles. The molecule has 2 unspecified atom stereocenters. The first-order valence-electron chi connectivity index (χ1n) is 9.62. The van der Waals surface area contributed by atoms with E-state index in [1.54, 1.807) is 7.11 Å². The topological polar surface area (TPSA) is 29.5 Å². The van der Waals surface area contributed by atoms with E-state index in [2.05, 4.69) is 32.7 Å². The predicted molar refractivity (Wildman–Crippen MR) is 93.1 cm³/mol. The van der Waals surface area contributed by atoms with Crippen molar-refractivity contribution >= 4 is 5.97 Å². The first-order valence-corrected chi connectivity index (χ1v) is 9.62. The molecule has 0 amide bonds. The first-order chi connectivity index (χ1) is 10.8. The highest BCUT2D eigenvalue weighted by Gasteiger charge is 2.51. The van der Waals surface area contributed by atoms with Gasteiger partial charge >= 0.3 is 5.97 Å². The summed E-state index contributed by atoms with van der Waals surface area (Å²) >= 11 is 0. The van der Waals surface area contributed by atoms with Crippen molar-refractivity contribution in [3.8, 4) is 0 Å². The number of carbonyl (C=O) groups is 1. The molecule has 2 saturated heterocycles. The Morgan fingerprint density at radius 1 is 1.04 bits per heavy atom. The van der Waals surface area contributed by atoms with Crippen molar-refractivity contribution in [3.05, 3.63) is 0 Å². The Labute approximate surface area is 142 Å². The minimum absolute atomic E-state index is 0.0464. The van der Waals surface area contributed by atoms with E-state index < -0.39 is 0 Å². The van der Waals surface area contributed by atoms with Gasteiger partial charge in [0.25, 0.3) is 0 Å². The summed E-state index contributed by atoms with van der Waals surface area (Å²) in [7, 11) is 3.78. The largest absolute Gasteiger partial charge is 0.469 e. The molecule has 0 spiro atoms. The number of rotatable bonds is 2. The summed E-state index contributed by atoms with van der Waals surface area (Å²) in [6.07, 6.45) is 8.94. The molecule has 3 fully saturated rings. The van der Waals surface area contributed by atoms with Crippen LogP contribution in [0.1, 0.15) is 65.7 Å². The van der Waals surface area contributed by atoms with Crippen LogP contribution in [0.2, 0.25) is 0 Å². The number of hydrogen-bond acceptors (Lipinski definition) is 3. The zero-order chi connectivity index (χ0) is 16.8. The molecule has 0 aromatic heterocycles. The minimum atomic E-state index is 0.0464. The Morgan fingerprint density at radius 3 is 2.26 bits per heavy atom.